The summed E-state index contributed by atoms with van der Waals surface area (Å²) in [6.07, 6.45) is 2.95. The predicted octanol–water partition coefficient (Wildman–Crippen LogP) is 4.78. The van der Waals surface area contributed by atoms with Gasteiger partial charge in [0, 0.05) is 5.56 Å². The normalized spacial score (nSPS) is 27.4. The fraction of sp³-hybridized carbons (Fsp3) is 0.318. The number of hydrogen-bond acceptors (Lipinski definition) is 3. The van der Waals surface area contributed by atoms with Crippen LogP contribution in [0.4, 0.5) is 11.4 Å². The highest BCUT2D eigenvalue weighted by Gasteiger charge is 2.61. The summed E-state index contributed by atoms with van der Waals surface area (Å²) in [6.45, 7) is 0. The van der Waals surface area contributed by atoms with E-state index in [9.17, 15) is 14.4 Å². The van der Waals surface area contributed by atoms with Crippen LogP contribution in [-0.2, 0) is 9.59 Å². The van der Waals surface area contributed by atoms with Gasteiger partial charge >= 0.3 is 0 Å². The van der Waals surface area contributed by atoms with E-state index in [0.717, 1.165) is 19.3 Å². The fourth-order valence-corrected chi connectivity index (χ4v) is 5.57. The number of imide groups is 1. The van der Waals surface area contributed by atoms with Crippen LogP contribution in [0.1, 0.15) is 29.6 Å². The summed E-state index contributed by atoms with van der Waals surface area (Å²) < 4.78 is 0. The predicted molar refractivity (Wildman–Crippen MR) is 111 cm³/mol. The van der Waals surface area contributed by atoms with Crippen molar-refractivity contribution in [1.29, 1.82) is 0 Å². The molecule has 0 aromatic heterocycles. The van der Waals surface area contributed by atoms with E-state index < -0.39 is 0 Å². The zero-order chi connectivity index (χ0) is 20.3. The minimum absolute atomic E-state index is 0.194. The highest BCUT2D eigenvalue weighted by atomic mass is 35.5. The molecule has 1 aliphatic heterocycles. The molecule has 2 aromatic carbocycles. The quantitative estimate of drug-likeness (QED) is 0.715. The summed E-state index contributed by atoms with van der Waals surface area (Å²) in [6, 6.07) is 11.7. The summed E-state index contributed by atoms with van der Waals surface area (Å²) in [5, 5.41) is 3.25. The third-order valence-corrected chi connectivity index (χ3v) is 7.21. The molecule has 1 N–H and O–H groups in total. The molecule has 3 unspecified atom stereocenters. The van der Waals surface area contributed by atoms with Crippen LogP contribution in [-0.4, -0.2) is 17.7 Å². The van der Waals surface area contributed by atoms with Gasteiger partial charge in [0.05, 0.1) is 33.3 Å². The summed E-state index contributed by atoms with van der Waals surface area (Å²) in [5.74, 6) is -0.707. The minimum atomic E-state index is -0.357. The van der Waals surface area contributed by atoms with E-state index in [0.29, 0.717) is 11.3 Å². The monoisotopic (exact) mass is 428 g/mol. The van der Waals surface area contributed by atoms with Crippen LogP contribution in [0.5, 0.6) is 0 Å². The molecule has 1 saturated heterocycles. The molecule has 4 atom stereocenters. The Bertz CT molecular complexity index is 1010. The molecular formula is C22H18Cl2N2O3. The van der Waals surface area contributed by atoms with E-state index in [4.69, 9.17) is 23.2 Å². The van der Waals surface area contributed by atoms with Crippen LogP contribution in [0.25, 0.3) is 0 Å². The second kappa shape index (κ2) is 6.85. The molecule has 1 heterocycles. The van der Waals surface area contributed by atoms with Crippen molar-refractivity contribution in [1.82, 2.24) is 0 Å². The molecular weight excluding hydrogens is 411 g/mol. The van der Waals surface area contributed by atoms with Gasteiger partial charge in [-0.3, -0.25) is 14.4 Å². The molecule has 3 amide bonds. The molecule has 2 aliphatic carbocycles. The number of benzene rings is 2. The van der Waals surface area contributed by atoms with Crippen molar-refractivity contribution < 1.29 is 14.4 Å². The maximum Gasteiger partial charge on any atom is 0.255 e. The van der Waals surface area contributed by atoms with Crippen molar-refractivity contribution in [2.75, 3.05) is 10.2 Å². The lowest BCUT2D eigenvalue weighted by atomic mass is 9.81. The Kier molecular flexibility index (Phi) is 4.41. The van der Waals surface area contributed by atoms with E-state index in [2.05, 4.69) is 5.32 Å². The number of amides is 3. The highest BCUT2D eigenvalue weighted by molar-refractivity contribution is 6.43. The zero-order valence-corrected chi connectivity index (χ0v) is 16.9. The molecule has 3 fully saturated rings. The number of halogens is 2. The molecule has 2 aromatic rings. The lowest BCUT2D eigenvalue weighted by molar-refractivity contribution is -0.123. The Morgan fingerprint density at radius 2 is 1.52 bits per heavy atom. The first-order valence-electron chi connectivity index (χ1n) is 9.69. The van der Waals surface area contributed by atoms with Gasteiger partial charge < -0.3 is 5.32 Å². The number of nitrogens with one attached hydrogen (secondary N) is 1. The topological polar surface area (TPSA) is 66.5 Å². The molecule has 29 heavy (non-hydrogen) atoms. The minimum Gasteiger partial charge on any atom is -0.320 e. The van der Waals surface area contributed by atoms with Gasteiger partial charge in [0.25, 0.3) is 5.91 Å². The van der Waals surface area contributed by atoms with Crippen molar-refractivity contribution in [3.05, 3.63) is 58.1 Å². The summed E-state index contributed by atoms with van der Waals surface area (Å²) in [7, 11) is 0. The number of anilines is 2. The maximum absolute atomic E-state index is 13.2. The maximum atomic E-state index is 13.2. The van der Waals surface area contributed by atoms with Crippen molar-refractivity contribution in [3.63, 3.8) is 0 Å². The molecule has 5 nitrogen and oxygen atoms in total. The Morgan fingerprint density at radius 3 is 2.14 bits per heavy atom. The number of rotatable bonds is 3. The highest BCUT2D eigenvalue weighted by Crippen LogP contribution is 2.57. The first kappa shape index (κ1) is 18.6. The standard InChI is InChI=1S/C22H18Cl2N2O3/c23-14-9-16(25-20(27)11-4-2-1-3-5-11)17(10-15(14)24)26-21(28)18-12-6-7-13(8-12)19(18)22(26)29/h1-5,9-10,12-13,18-19H,6-8H2,(H,25,27)/t12?,13?,18-,19?/m0/s1. The fourth-order valence-electron chi connectivity index (χ4n) is 5.25. The van der Waals surface area contributed by atoms with Crippen LogP contribution in [0, 0.1) is 23.7 Å². The lowest BCUT2D eigenvalue weighted by Crippen LogP contribution is -2.33. The molecule has 5 rings (SSSR count). The Hall–Kier alpha value is -2.37. The van der Waals surface area contributed by atoms with Crippen molar-refractivity contribution in [2.45, 2.75) is 19.3 Å². The zero-order valence-electron chi connectivity index (χ0n) is 15.4. The molecule has 0 radical (unpaired) electrons. The largest absolute Gasteiger partial charge is 0.320 e. The van der Waals surface area contributed by atoms with Crippen LogP contribution in [0.2, 0.25) is 10.0 Å². The molecule has 148 valence electrons. The van der Waals surface area contributed by atoms with Crippen molar-refractivity contribution >= 4 is 52.3 Å². The number of fused-ring (bicyclic) bond motifs is 5. The molecule has 3 aliphatic rings. The van der Waals surface area contributed by atoms with Gasteiger partial charge in [-0.25, -0.2) is 4.90 Å². The average Bonchev–Trinajstić information content (AvgIpc) is 3.39. The van der Waals surface area contributed by atoms with Crippen LogP contribution >= 0.6 is 23.2 Å². The van der Waals surface area contributed by atoms with E-state index in [1.807, 2.05) is 6.07 Å². The summed E-state index contributed by atoms with van der Waals surface area (Å²) in [4.78, 5) is 40.3. The Morgan fingerprint density at radius 1 is 0.931 bits per heavy atom. The van der Waals surface area contributed by atoms with Crippen molar-refractivity contribution in [2.24, 2.45) is 23.7 Å². The number of nitrogens with zero attached hydrogens (tertiary/aromatic N) is 1. The number of hydrogen-bond donors (Lipinski definition) is 1. The third-order valence-electron chi connectivity index (χ3n) is 6.49. The van der Waals surface area contributed by atoms with E-state index in [1.165, 1.54) is 17.0 Å². The number of carbonyl (C=O) groups excluding carboxylic acids is 3. The second-order valence-corrected chi connectivity index (χ2v) is 8.81. The van der Waals surface area contributed by atoms with E-state index in [-0.39, 0.29) is 57.1 Å². The second-order valence-electron chi connectivity index (χ2n) is 8.00. The van der Waals surface area contributed by atoms with E-state index in [1.54, 1.807) is 24.3 Å². The smallest absolute Gasteiger partial charge is 0.255 e. The van der Waals surface area contributed by atoms with Crippen molar-refractivity contribution in [3.8, 4) is 0 Å². The van der Waals surface area contributed by atoms with Gasteiger partial charge in [0.1, 0.15) is 0 Å². The van der Waals surface area contributed by atoms with Gasteiger partial charge in [-0.05, 0) is 55.4 Å². The van der Waals surface area contributed by atoms with Crippen LogP contribution in [0.15, 0.2) is 42.5 Å². The molecule has 0 spiro atoms. The van der Waals surface area contributed by atoms with Gasteiger partial charge in [0.15, 0.2) is 0 Å². The van der Waals surface area contributed by atoms with Gasteiger partial charge in [-0.1, -0.05) is 41.4 Å². The molecule has 7 heteroatoms. The Labute approximate surface area is 178 Å². The van der Waals surface area contributed by atoms with Gasteiger partial charge in [-0.15, -0.1) is 0 Å². The Balaban J connectivity index is 1.53. The third kappa shape index (κ3) is 2.87. The van der Waals surface area contributed by atoms with Gasteiger partial charge in [0.2, 0.25) is 11.8 Å². The van der Waals surface area contributed by atoms with Crippen LogP contribution in [0.3, 0.4) is 0 Å². The summed E-state index contributed by atoms with van der Waals surface area (Å²) in [5.41, 5.74) is 1.04. The van der Waals surface area contributed by atoms with Crippen LogP contribution < -0.4 is 10.2 Å². The number of carbonyl (C=O) groups is 3. The SMILES string of the molecule is O=C(Nc1cc(Cl)c(Cl)cc1N1C(=O)C2C3CCC(C3)[C@@H]2C1=O)c1ccccc1. The molecule has 2 saturated carbocycles. The summed E-state index contributed by atoms with van der Waals surface area (Å²) >= 11 is 12.4. The first-order chi connectivity index (χ1) is 14.0. The van der Waals surface area contributed by atoms with Gasteiger partial charge in [-0.2, -0.15) is 0 Å². The molecule has 2 bridgehead atoms. The first-order valence-corrected chi connectivity index (χ1v) is 10.4. The average molecular weight is 429 g/mol. The lowest BCUT2D eigenvalue weighted by Gasteiger charge is -2.21. The van der Waals surface area contributed by atoms with E-state index >= 15 is 0 Å².